The SMILES string of the molecule is N#Cc1cc(CBr)ccc1N1CCC1. The predicted molar refractivity (Wildman–Crippen MR) is 60.6 cm³/mol. The molecule has 1 aliphatic rings. The Morgan fingerprint density at radius 2 is 2.21 bits per heavy atom. The molecule has 1 fully saturated rings. The Bertz CT molecular complexity index is 377. The fraction of sp³-hybridized carbons (Fsp3) is 0.364. The summed E-state index contributed by atoms with van der Waals surface area (Å²) in [6.07, 6.45) is 1.24. The zero-order valence-corrected chi connectivity index (χ0v) is 9.42. The number of rotatable bonds is 2. The number of benzene rings is 1. The van der Waals surface area contributed by atoms with Crippen LogP contribution in [-0.2, 0) is 5.33 Å². The second-order valence-electron chi connectivity index (χ2n) is 3.44. The largest absolute Gasteiger partial charge is 0.370 e. The van der Waals surface area contributed by atoms with Crippen LogP contribution in [0.3, 0.4) is 0 Å². The average Bonchev–Trinajstić information content (AvgIpc) is 2.16. The second kappa shape index (κ2) is 4.02. The van der Waals surface area contributed by atoms with Gasteiger partial charge in [0.1, 0.15) is 6.07 Å². The number of alkyl halides is 1. The average molecular weight is 251 g/mol. The summed E-state index contributed by atoms with van der Waals surface area (Å²) in [6.45, 7) is 2.17. The number of nitriles is 1. The number of anilines is 1. The summed E-state index contributed by atoms with van der Waals surface area (Å²) in [7, 11) is 0. The summed E-state index contributed by atoms with van der Waals surface area (Å²) in [4.78, 5) is 2.25. The lowest BCUT2D eigenvalue weighted by Gasteiger charge is -2.33. The molecule has 1 heterocycles. The molecule has 0 aliphatic carbocycles. The van der Waals surface area contributed by atoms with Gasteiger partial charge in [0.15, 0.2) is 0 Å². The Morgan fingerprint density at radius 1 is 1.43 bits per heavy atom. The van der Waals surface area contributed by atoms with Crippen LogP contribution < -0.4 is 4.90 Å². The third-order valence-corrected chi connectivity index (χ3v) is 3.18. The van der Waals surface area contributed by atoms with Gasteiger partial charge in [0.2, 0.25) is 0 Å². The van der Waals surface area contributed by atoms with Crippen molar-refractivity contribution in [1.82, 2.24) is 0 Å². The molecule has 1 aliphatic heterocycles. The minimum absolute atomic E-state index is 0.793. The van der Waals surface area contributed by atoms with Crippen LogP contribution in [-0.4, -0.2) is 13.1 Å². The van der Waals surface area contributed by atoms with Gasteiger partial charge in [-0.3, -0.25) is 0 Å². The fourth-order valence-corrected chi connectivity index (χ4v) is 1.94. The monoisotopic (exact) mass is 250 g/mol. The molecular formula is C11H11BrN2. The smallest absolute Gasteiger partial charge is 0.101 e. The second-order valence-corrected chi connectivity index (χ2v) is 4.00. The highest BCUT2D eigenvalue weighted by molar-refractivity contribution is 9.08. The van der Waals surface area contributed by atoms with Crippen LogP contribution >= 0.6 is 15.9 Å². The van der Waals surface area contributed by atoms with Crippen LogP contribution in [0.4, 0.5) is 5.69 Å². The quantitative estimate of drug-likeness (QED) is 0.755. The van der Waals surface area contributed by atoms with E-state index in [9.17, 15) is 0 Å². The summed E-state index contributed by atoms with van der Waals surface area (Å²) >= 11 is 3.39. The Labute approximate surface area is 92.3 Å². The summed E-state index contributed by atoms with van der Waals surface area (Å²) in [6, 6.07) is 8.34. The van der Waals surface area contributed by atoms with Crippen LogP contribution in [0.2, 0.25) is 0 Å². The molecule has 1 saturated heterocycles. The fourth-order valence-electron chi connectivity index (χ4n) is 1.59. The Morgan fingerprint density at radius 3 is 2.71 bits per heavy atom. The van der Waals surface area contributed by atoms with Crippen molar-refractivity contribution in [3.05, 3.63) is 29.3 Å². The van der Waals surface area contributed by atoms with Crippen LogP contribution in [0.25, 0.3) is 0 Å². The number of nitrogens with zero attached hydrogens (tertiary/aromatic N) is 2. The molecule has 2 nitrogen and oxygen atoms in total. The first kappa shape index (κ1) is 9.54. The van der Waals surface area contributed by atoms with Gasteiger partial charge in [0, 0.05) is 18.4 Å². The molecule has 1 aromatic carbocycles. The molecule has 14 heavy (non-hydrogen) atoms. The zero-order valence-electron chi connectivity index (χ0n) is 7.83. The van der Waals surface area contributed by atoms with Crippen molar-refractivity contribution in [3.63, 3.8) is 0 Å². The van der Waals surface area contributed by atoms with Gasteiger partial charge in [-0.25, -0.2) is 0 Å². The number of halogens is 1. The molecule has 0 bridgehead atoms. The first-order chi connectivity index (χ1) is 6.85. The minimum Gasteiger partial charge on any atom is -0.370 e. The molecule has 72 valence electrons. The third kappa shape index (κ3) is 1.62. The third-order valence-electron chi connectivity index (χ3n) is 2.53. The van der Waals surface area contributed by atoms with E-state index in [0.29, 0.717) is 0 Å². The van der Waals surface area contributed by atoms with E-state index < -0.39 is 0 Å². The molecule has 0 saturated carbocycles. The van der Waals surface area contributed by atoms with E-state index in [0.717, 1.165) is 35.2 Å². The summed E-state index contributed by atoms with van der Waals surface area (Å²) in [5.74, 6) is 0. The van der Waals surface area contributed by atoms with Crippen molar-refractivity contribution in [2.75, 3.05) is 18.0 Å². The van der Waals surface area contributed by atoms with E-state index in [4.69, 9.17) is 5.26 Å². The van der Waals surface area contributed by atoms with Crippen molar-refractivity contribution in [1.29, 1.82) is 5.26 Å². The van der Waals surface area contributed by atoms with Gasteiger partial charge in [0.05, 0.1) is 11.3 Å². The molecule has 3 heteroatoms. The summed E-state index contributed by atoms with van der Waals surface area (Å²) < 4.78 is 0. The van der Waals surface area contributed by atoms with Gasteiger partial charge in [-0.05, 0) is 24.1 Å². The van der Waals surface area contributed by atoms with Gasteiger partial charge < -0.3 is 4.90 Å². The Hall–Kier alpha value is -1.01. The van der Waals surface area contributed by atoms with Gasteiger partial charge in [-0.2, -0.15) is 5.26 Å². The van der Waals surface area contributed by atoms with Crippen LogP contribution in [0.5, 0.6) is 0 Å². The summed E-state index contributed by atoms with van der Waals surface area (Å²) in [5, 5.41) is 9.82. The van der Waals surface area contributed by atoms with Crippen molar-refractivity contribution in [3.8, 4) is 6.07 Å². The van der Waals surface area contributed by atoms with E-state index in [-0.39, 0.29) is 0 Å². The van der Waals surface area contributed by atoms with Crippen molar-refractivity contribution in [2.45, 2.75) is 11.8 Å². The molecule has 1 aromatic rings. The van der Waals surface area contributed by atoms with E-state index in [1.165, 1.54) is 6.42 Å². The van der Waals surface area contributed by atoms with E-state index in [1.807, 2.05) is 12.1 Å². The lowest BCUT2D eigenvalue weighted by atomic mass is 10.1. The normalized spacial score (nSPS) is 14.7. The first-order valence-electron chi connectivity index (χ1n) is 4.69. The first-order valence-corrected chi connectivity index (χ1v) is 5.81. The molecule has 2 rings (SSSR count). The van der Waals surface area contributed by atoms with Gasteiger partial charge in [-0.1, -0.05) is 22.0 Å². The maximum atomic E-state index is 9.01. The minimum atomic E-state index is 0.793. The molecule has 0 unspecified atom stereocenters. The lowest BCUT2D eigenvalue weighted by Crippen LogP contribution is -2.37. The Balaban J connectivity index is 2.35. The van der Waals surface area contributed by atoms with Gasteiger partial charge in [-0.15, -0.1) is 0 Å². The van der Waals surface area contributed by atoms with E-state index >= 15 is 0 Å². The van der Waals surface area contributed by atoms with Crippen molar-refractivity contribution < 1.29 is 0 Å². The highest BCUT2D eigenvalue weighted by atomic mass is 79.9. The molecule has 0 atom stereocenters. The number of hydrogen-bond acceptors (Lipinski definition) is 2. The van der Waals surface area contributed by atoms with Gasteiger partial charge >= 0.3 is 0 Å². The molecule has 0 spiro atoms. The van der Waals surface area contributed by atoms with E-state index in [2.05, 4.69) is 33.0 Å². The highest BCUT2D eigenvalue weighted by Gasteiger charge is 2.17. The standard InChI is InChI=1S/C11H11BrN2/c12-7-9-2-3-11(10(6-9)8-13)14-4-1-5-14/h2-3,6H,1,4-5,7H2. The topological polar surface area (TPSA) is 27.0 Å². The van der Waals surface area contributed by atoms with Gasteiger partial charge in [0.25, 0.3) is 0 Å². The number of hydrogen-bond donors (Lipinski definition) is 0. The van der Waals surface area contributed by atoms with Crippen LogP contribution in [0.15, 0.2) is 18.2 Å². The highest BCUT2D eigenvalue weighted by Crippen LogP contribution is 2.26. The van der Waals surface area contributed by atoms with Crippen LogP contribution in [0.1, 0.15) is 17.5 Å². The zero-order chi connectivity index (χ0) is 9.97. The van der Waals surface area contributed by atoms with Crippen LogP contribution in [0, 0.1) is 11.3 Å². The van der Waals surface area contributed by atoms with E-state index in [1.54, 1.807) is 0 Å². The maximum Gasteiger partial charge on any atom is 0.101 e. The van der Waals surface area contributed by atoms with Crippen molar-refractivity contribution in [2.24, 2.45) is 0 Å². The molecule has 0 radical (unpaired) electrons. The molecule has 0 N–H and O–H groups in total. The van der Waals surface area contributed by atoms with Crippen molar-refractivity contribution >= 4 is 21.6 Å². The molecular weight excluding hydrogens is 240 g/mol. The molecule has 0 aromatic heterocycles. The lowest BCUT2D eigenvalue weighted by molar-refractivity contribution is 0.617. The maximum absolute atomic E-state index is 9.01. The predicted octanol–water partition coefficient (Wildman–Crippen LogP) is 2.66. The Kier molecular flexibility index (Phi) is 2.74. The molecule has 0 amide bonds. The summed E-state index contributed by atoms with van der Waals surface area (Å²) in [5.41, 5.74) is 3.04.